The third-order valence-electron chi connectivity index (χ3n) is 2.81. The number of anilines is 2. The van der Waals surface area contributed by atoms with Crippen LogP contribution < -0.4 is 10.2 Å². The first kappa shape index (κ1) is 13.2. The average Bonchev–Trinajstić information content (AvgIpc) is 2.35. The van der Waals surface area contributed by atoms with Crippen molar-refractivity contribution < 1.29 is 9.50 Å². The lowest BCUT2D eigenvalue weighted by molar-refractivity contribution is 0.468. The Bertz CT molecular complexity index is 550. The molecule has 100 valence electrons. The third kappa shape index (κ3) is 3.37. The molecule has 0 aromatic heterocycles. The first-order chi connectivity index (χ1) is 9.06. The fourth-order valence-corrected chi connectivity index (χ4v) is 1.95. The minimum Gasteiger partial charge on any atom is -0.508 e. The number of para-hydroxylation sites is 2. The van der Waals surface area contributed by atoms with Gasteiger partial charge in [0.25, 0.3) is 0 Å². The van der Waals surface area contributed by atoms with E-state index in [9.17, 15) is 9.50 Å². The van der Waals surface area contributed by atoms with Gasteiger partial charge in [0.1, 0.15) is 11.6 Å². The summed E-state index contributed by atoms with van der Waals surface area (Å²) < 4.78 is 13.2. The topological polar surface area (TPSA) is 35.5 Å². The standard InChI is InChI=1S/C15H17FN2O/c1-18(2)15-6-4-3-5-14(15)17-10-11-7-12(16)9-13(19)8-11/h3-9,17,19H,10H2,1-2H3. The van der Waals surface area contributed by atoms with E-state index in [1.807, 2.05) is 43.3 Å². The molecule has 0 aliphatic rings. The Labute approximate surface area is 112 Å². The zero-order chi connectivity index (χ0) is 13.8. The highest BCUT2D eigenvalue weighted by Crippen LogP contribution is 2.24. The van der Waals surface area contributed by atoms with Gasteiger partial charge in [-0.15, -0.1) is 0 Å². The van der Waals surface area contributed by atoms with E-state index in [2.05, 4.69) is 5.32 Å². The van der Waals surface area contributed by atoms with Crippen molar-refractivity contribution in [2.24, 2.45) is 0 Å². The summed E-state index contributed by atoms with van der Waals surface area (Å²) >= 11 is 0. The van der Waals surface area contributed by atoms with E-state index in [1.54, 1.807) is 6.07 Å². The van der Waals surface area contributed by atoms with E-state index >= 15 is 0 Å². The normalized spacial score (nSPS) is 10.3. The number of hydrogen-bond donors (Lipinski definition) is 2. The van der Waals surface area contributed by atoms with Crippen molar-refractivity contribution in [3.8, 4) is 5.75 Å². The van der Waals surface area contributed by atoms with Crippen LogP contribution in [0.25, 0.3) is 0 Å². The Kier molecular flexibility index (Phi) is 3.90. The maximum absolute atomic E-state index is 13.2. The number of rotatable bonds is 4. The highest BCUT2D eigenvalue weighted by atomic mass is 19.1. The fourth-order valence-electron chi connectivity index (χ4n) is 1.95. The number of phenolic OH excluding ortho intramolecular Hbond substituents is 1. The van der Waals surface area contributed by atoms with Crippen molar-refractivity contribution in [1.29, 1.82) is 0 Å². The molecule has 0 amide bonds. The summed E-state index contributed by atoms with van der Waals surface area (Å²) in [6.45, 7) is 0.455. The third-order valence-corrected chi connectivity index (χ3v) is 2.81. The summed E-state index contributed by atoms with van der Waals surface area (Å²) in [6, 6.07) is 11.9. The second kappa shape index (κ2) is 5.61. The van der Waals surface area contributed by atoms with Crippen LogP contribution in [0.1, 0.15) is 5.56 Å². The van der Waals surface area contributed by atoms with Gasteiger partial charge in [0.15, 0.2) is 0 Å². The van der Waals surface area contributed by atoms with Gasteiger partial charge in [0.05, 0.1) is 11.4 Å². The molecule has 0 atom stereocenters. The zero-order valence-electron chi connectivity index (χ0n) is 11.0. The van der Waals surface area contributed by atoms with Crippen LogP contribution in [0.15, 0.2) is 42.5 Å². The van der Waals surface area contributed by atoms with Gasteiger partial charge in [-0.05, 0) is 29.8 Å². The number of phenols is 1. The second-order valence-electron chi connectivity index (χ2n) is 4.58. The average molecular weight is 260 g/mol. The van der Waals surface area contributed by atoms with Crippen LogP contribution >= 0.6 is 0 Å². The van der Waals surface area contributed by atoms with Crippen LogP contribution in [0.4, 0.5) is 15.8 Å². The Morgan fingerprint density at radius 2 is 1.89 bits per heavy atom. The first-order valence-corrected chi connectivity index (χ1v) is 6.05. The quantitative estimate of drug-likeness (QED) is 0.886. The minimum absolute atomic E-state index is 0.0577. The van der Waals surface area contributed by atoms with E-state index in [-0.39, 0.29) is 5.75 Å². The van der Waals surface area contributed by atoms with Crippen LogP contribution in [0.2, 0.25) is 0 Å². The van der Waals surface area contributed by atoms with E-state index < -0.39 is 5.82 Å². The molecule has 0 saturated heterocycles. The minimum atomic E-state index is -0.433. The molecule has 0 spiro atoms. The molecular weight excluding hydrogens is 243 g/mol. The largest absolute Gasteiger partial charge is 0.508 e. The molecule has 2 rings (SSSR count). The monoisotopic (exact) mass is 260 g/mol. The lowest BCUT2D eigenvalue weighted by Crippen LogP contribution is -2.12. The number of aromatic hydroxyl groups is 1. The SMILES string of the molecule is CN(C)c1ccccc1NCc1cc(O)cc(F)c1. The molecular formula is C15H17FN2O. The van der Waals surface area contributed by atoms with Gasteiger partial charge in [-0.3, -0.25) is 0 Å². The van der Waals surface area contributed by atoms with Crippen molar-refractivity contribution in [2.45, 2.75) is 6.54 Å². The summed E-state index contributed by atoms with van der Waals surface area (Å²) in [5.41, 5.74) is 2.73. The van der Waals surface area contributed by atoms with Crippen molar-refractivity contribution in [1.82, 2.24) is 0 Å². The summed E-state index contributed by atoms with van der Waals surface area (Å²) in [4.78, 5) is 2.01. The van der Waals surface area contributed by atoms with Gasteiger partial charge >= 0.3 is 0 Å². The van der Waals surface area contributed by atoms with Crippen LogP contribution in [-0.2, 0) is 6.54 Å². The molecule has 3 nitrogen and oxygen atoms in total. The van der Waals surface area contributed by atoms with Gasteiger partial charge in [-0.2, -0.15) is 0 Å². The molecule has 19 heavy (non-hydrogen) atoms. The van der Waals surface area contributed by atoms with Crippen molar-refractivity contribution in [3.63, 3.8) is 0 Å². The molecule has 0 heterocycles. The molecule has 2 aromatic carbocycles. The van der Waals surface area contributed by atoms with E-state index in [1.165, 1.54) is 6.07 Å². The molecule has 2 aromatic rings. The van der Waals surface area contributed by atoms with Crippen LogP contribution in [0.3, 0.4) is 0 Å². The molecule has 0 fully saturated rings. The Morgan fingerprint density at radius 3 is 2.58 bits per heavy atom. The molecule has 0 radical (unpaired) electrons. The van der Waals surface area contributed by atoms with Crippen LogP contribution in [0.5, 0.6) is 5.75 Å². The Balaban J connectivity index is 2.14. The van der Waals surface area contributed by atoms with Gasteiger partial charge in [-0.25, -0.2) is 4.39 Å². The van der Waals surface area contributed by atoms with Crippen molar-refractivity contribution in [3.05, 3.63) is 53.8 Å². The lowest BCUT2D eigenvalue weighted by Gasteiger charge is -2.18. The smallest absolute Gasteiger partial charge is 0.127 e. The number of hydrogen-bond acceptors (Lipinski definition) is 3. The predicted octanol–water partition coefficient (Wildman–Crippen LogP) is 3.21. The van der Waals surface area contributed by atoms with Gasteiger partial charge in [0.2, 0.25) is 0 Å². The highest BCUT2D eigenvalue weighted by Gasteiger charge is 2.04. The molecule has 0 saturated carbocycles. The molecule has 4 heteroatoms. The summed E-state index contributed by atoms with van der Waals surface area (Å²) in [7, 11) is 3.93. The van der Waals surface area contributed by atoms with Gasteiger partial charge < -0.3 is 15.3 Å². The summed E-state index contributed by atoms with van der Waals surface area (Å²) in [6.07, 6.45) is 0. The first-order valence-electron chi connectivity index (χ1n) is 6.05. The van der Waals surface area contributed by atoms with Crippen molar-refractivity contribution >= 4 is 11.4 Å². The number of nitrogens with zero attached hydrogens (tertiary/aromatic N) is 1. The highest BCUT2D eigenvalue weighted by molar-refractivity contribution is 5.69. The predicted molar refractivity (Wildman–Crippen MR) is 76.2 cm³/mol. The second-order valence-corrected chi connectivity index (χ2v) is 4.58. The molecule has 2 N–H and O–H groups in total. The number of nitrogens with one attached hydrogen (secondary N) is 1. The maximum Gasteiger partial charge on any atom is 0.127 e. The van der Waals surface area contributed by atoms with Crippen LogP contribution in [0, 0.1) is 5.82 Å². The van der Waals surface area contributed by atoms with E-state index in [0.717, 1.165) is 17.4 Å². The van der Waals surface area contributed by atoms with Crippen molar-refractivity contribution in [2.75, 3.05) is 24.3 Å². The molecule has 0 aliphatic heterocycles. The van der Waals surface area contributed by atoms with Gasteiger partial charge in [0, 0.05) is 26.7 Å². The fraction of sp³-hybridized carbons (Fsp3) is 0.200. The lowest BCUT2D eigenvalue weighted by atomic mass is 10.2. The Hall–Kier alpha value is -2.23. The number of halogens is 1. The Morgan fingerprint density at radius 1 is 1.16 bits per heavy atom. The van der Waals surface area contributed by atoms with Crippen LogP contribution in [-0.4, -0.2) is 19.2 Å². The molecule has 0 unspecified atom stereocenters. The summed E-state index contributed by atoms with van der Waals surface area (Å²) in [5, 5.41) is 12.6. The summed E-state index contributed by atoms with van der Waals surface area (Å²) in [5.74, 6) is -0.490. The number of benzene rings is 2. The van der Waals surface area contributed by atoms with E-state index in [0.29, 0.717) is 12.1 Å². The molecule has 0 bridgehead atoms. The zero-order valence-corrected chi connectivity index (χ0v) is 11.0. The molecule has 0 aliphatic carbocycles. The van der Waals surface area contributed by atoms with E-state index in [4.69, 9.17) is 0 Å². The van der Waals surface area contributed by atoms with Gasteiger partial charge in [-0.1, -0.05) is 12.1 Å². The maximum atomic E-state index is 13.2.